The number of aliphatic hydroxyl groups excluding tert-OH is 1. The predicted molar refractivity (Wildman–Crippen MR) is 168 cm³/mol. The molecule has 2 unspecified atom stereocenters. The number of rotatable bonds is 12. The number of carbonyl (C=O) groups excluding carboxylic acids is 3. The van der Waals surface area contributed by atoms with Crippen LogP contribution in [0.15, 0.2) is 79.9 Å². The van der Waals surface area contributed by atoms with Crippen LogP contribution in [-0.4, -0.2) is 71.2 Å². The van der Waals surface area contributed by atoms with Gasteiger partial charge >= 0.3 is 0 Å². The highest BCUT2D eigenvalue weighted by Gasteiger charge is 2.75. The van der Waals surface area contributed by atoms with Crippen LogP contribution in [0.5, 0.6) is 0 Å². The van der Waals surface area contributed by atoms with Gasteiger partial charge in [0.2, 0.25) is 11.8 Å². The largest absolute Gasteiger partial charge is 0.394 e. The quantitative estimate of drug-likeness (QED) is 0.349. The summed E-state index contributed by atoms with van der Waals surface area (Å²) in [5.74, 6) is -2.62. The van der Waals surface area contributed by atoms with Gasteiger partial charge in [0, 0.05) is 29.5 Å². The number of fused-ring (bicyclic) bond motifs is 1. The molecule has 9 heteroatoms. The Bertz CT molecular complexity index is 1370. The zero-order chi connectivity index (χ0) is 30.9. The maximum atomic E-state index is 14.7. The lowest BCUT2D eigenvalue weighted by Crippen LogP contribution is -2.60. The Kier molecular flexibility index (Phi) is 9.11. The Balaban J connectivity index is 1.61. The van der Waals surface area contributed by atoms with Crippen LogP contribution in [-0.2, 0) is 19.1 Å². The Hall–Kier alpha value is -3.46. The van der Waals surface area contributed by atoms with Crippen molar-refractivity contribution in [2.24, 2.45) is 17.8 Å². The van der Waals surface area contributed by atoms with E-state index in [2.05, 4.69) is 13.2 Å². The van der Waals surface area contributed by atoms with Gasteiger partial charge in [-0.3, -0.25) is 14.4 Å². The number of likely N-dealkylation sites (tertiary alicyclic amines) is 1. The lowest BCUT2D eigenvalue weighted by Gasteiger charge is -2.40. The number of carbonyl (C=O) groups is 3. The van der Waals surface area contributed by atoms with E-state index in [1.807, 2.05) is 44.2 Å². The van der Waals surface area contributed by atoms with Crippen LogP contribution in [0.25, 0.3) is 0 Å². The number of ether oxygens (including phenoxy) is 1. The summed E-state index contributed by atoms with van der Waals surface area (Å²) in [5.41, 5.74) is 0.0986. The van der Waals surface area contributed by atoms with Gasteiger partial charge in [-0.05, 0) is 55.2 Å². The van der Waals surface area contributed by atoms with Gasteiger partial charge in [0.1, 0.15) is 11.6 Å². The third kappa shape index (κ3) is 5.19. The van der Waals surface area contributed by atoms with Crippen LogP contribution in [0.2, 0.25) is 5.02 Å². The highest BCUT2D eigenvalue weighted by Crippen LogP contribution is 2.59. The van der Waals surface area contributed by atoms with Gasteiger partial charge in [-0.1, -0.05) is 62.2 Å². The van der Waals surface area contributed by atoms with Gasteiger partial charge in [0.05, 0.1) is 30.6 Å². The standard InChI is InChI=1S/C34H40ClN3O5/c1-5-19-36(24-11-9-8-10-12-24)31(40)28-27-17-18-34(43-27)29(28)32(41)38(26(21-39)22(4)7-3)30(34)33(42)37(20-6-2)25-15-13-23(35)14-16-25/h5-6,8-16,22,26-30,39H,1-2,7,17-21H2,3-4H3/t22-,26-,27-,28+,29-,30?,34?/m0/s1. The van der Waals surface area contributed by atoms with Crippen molar-refractivity contribution >= 4 is 40.7 Å². The van der Waals surface area contributed by atoms with Crippen LogP contribution < -0.4 is 9.80 Å². The molecule has 0 saturated carbocycles. The summed E-state index contributed by atoms with van der Waals surface area (Å²) < 4.78 is 6.70. The number of aliphatic hydroxyl groups is 1. The van der Waals surface area contributed by atoms with E-state index < -0.39 is 35.6 Å². The van der Waals surface area contributed by atoms with Gasteiger partial charge in [-0.25, -0.2) is 0 Å². The van der Waals surface area contributed by atoms with Crippen molar-refractivity contribution in [2.45, 2.75) is 56.9 Å². The summed E-state index contributed by atoms with van der Waals surface area (Å²) in [6, 6.07) is 14.6. The number of anilines is 2. The minimum absolute atomic E-state index is 0.101. The van der Waals surface area contributed by atoms with Crippen molar-refractivity contribution in [3.63, 3.8) is 0 Å². The molecule has 3 amide bonds. The number of amides is 3. The van der Waals surface area contributed by atoms with Gasteiger partial charge in [-0.2, -0.15) is 0 Å². The second kappa shape index (κ2) is 12.6. The molecule has 43 heavy (non-hydrogen) atoms. The molecule has 3 fully saturated rings. The van der Waals surface area contributed by atoms with E-state index in [-0.39, 0.29) is 43.3 Å². The first-order chi connectivity index (χ1) is 20.7. The summed E-state index contributed by atoms with van der Waals surface area (Å²) in [6.45, 7) is 11.8. The van der Waals surface area contributed by atoms with E-state index in [0.717, 1.165) is 0 Å². The molecule has 0 radical (unpaired) electrons. The Labute approximate surface area is 258 Å². The fourth-order valence-electron chi connectivity index (χ4n) is 7.28. The fourth-order valence-corrected chi connectivity index (χ4v) is 7.41. The van der Waals surface area contributed by atoms with Crippen LogP contribution in [0.3, 0.4) is 0 Å². The lowest BCUT2D eigenvalue weighted by atomic mass is 9.70. The molecule has 8 nitrogen and oxygen atoms in total. The van der Waals surface area contributed by atoms with Crippen molar-refractivity contribution in [1.29, 1.82) is 0 Å². The number of benzene rings is 2. The molecule has 3 heterocycles. The number of hydrogen-bond acceptors (Lipinski definition) is 5. The Morgan fingerprint density at radius 3 is 2.26 bits per heavy atom. The van der Waals surface area contributed by atoms with E-state index in [1.165, 1.54) is 0 Å². The number of para-hydroxylation sites is 1. The molecule has 0 aromatic heterocycles. The fraction of sp³-hybridized carbons (Fsp3) is 0.441. The van der Waals surface area contributed by atoms with Crippen molar-refractivity contribution < 1.29 is 24.2 Å². The van der Waals surface area contributed by atoms with Gasteiger partial charge in [0.25, 0.3) is 5.91 Å². The summed E-state index contributed by atoms with van der Waals surface area (Å²) in [4.78, 5) is 48.5. The monoisotopic (exact) mass is 605 g/mol. The van der Waals surface area contributed by atoms with Gasteiger partial charge < -0.3 is 24.5 Å². The second-order valence-electron chi connectivity index (χ2n) is 11.7. The van der Waals surface area contributed by atoms with Gasteiger partial charge in [0.15, 0.2) is 0 Å². The summed E-state index contributed by atoms with van der Waals surface area (Å²) in [6.07, 6.45) is 4.48. The molecule has 2 aromatic rings. The molecule has 3 aliphatic heterocycles. The van der Waals surface area contributed by atoms with Crippen molar-refractivity contribution in [3.05, 3.63) is 84.9 Å². The minimum atomic E-state index is -1.21. The molecule has 1 N–H and O–H groups in total. The SMILES string of the molecule is C=CCN(C(=O)C1N([C@@H](CO)[C@@H](C)CC)C(=O)[C@@H]2[C@H](C(=O)N(CC=C)c3ccccc3)[C@@H]3CCC12O3)c1ccc(Cl)cc1. The number of halogens is 1. The maximum absolute atomic E-state index is 14.7. The van der Waals surface area contributed by atoms with Crippen molar-refractivity contribution in [2.75, 3.05) is 29.5 Å². The van der Waals surface area contributed by atoms with Crippen molar-refractivity contribution in [3.8, 4) is 0 Å². The first-order valence-corrected chi connectivity index (χ1v) is 15.4. The van der Waals surface area contributed by atoms with Gasteiger partial charge in [-0.15, -0.1) is 13.2 Å². The van der Waals surface area contributed by atoms with E-state index in [9.17, 15) is 19.5 Å². The first-order valence-electron chi connectivity index (χ1n) is 15.0. The normalized spacial score (nSPS) is 27.0. The minimum Gasteiger partial charge on any atom is -0.394 e. The van der Waals surface area contributed by atoms with E-state index in [1.54, 1.807) is 51.1 Å². The third-order valence-corrected chi connectivity index (χ3v) is 9.72. The van der Waals surface area contributed by atoms with Crippen LogP contribution in [0.1, 0.15) is 33.1 Å². The number of nitrogens with zero attached hydrogens (tertiary/aromatic N) is 3. The summed E-state index contributed by atoms with van der Waals surface area (Å²) in [7, 11) is 0. The molecule has 2 aromatic carbocycles. The number of hydrogen-bond donors (Lipinski definition) is 1. The predicted octanol–water partition coefficient (Wildman–Crippen LogP) is 4.86. The average molecular weight is 606 g/mol. The van der Waals surface area contributed by atoms with E-state index in [4.69, 9.17) is 16.3 Å². The molecule has 0 aliphatic carbocycles. The zero-order valence-electron chi connectivity index (χ0n) is 24.8. The summed E-state index contributed by atoms with van der Waals surface area (Å²) in [5, 5.41) is 11.2. The molecular formula is C34H40ClN3O5. The van der Waals surface area contributed by atoms with Crippen LogP contribution >= 0.6 is 11.6 Å². The molecule has 228 valence electrons. The molecule has 3 aliphatic rings. The molecular weight excluding hydrogens is 566 g/mol. The highest BCUT2D eigenvalue weighted by atomic mass is 35.5. The molecule has 5 rings (SSSR count). The smallest absolute Gasteiger partial charge is 0.253 e. The highest BCUT2D eigenvalue weighted by molar-refractivity contribution is 6.30. The Morgan fingerprint density at radius 1 is 1.07 bits per heavy atom. The Morgan fingerprint density at radius 2 is 1.67 bits per heavy atom. The third-order valence-electron chi connectivity index (χ3n) is 9.46. The lowest BCUT2D eigenvalue weighted by molar-refractivity contribution is -0.145. The maximum Gasteiger partial charge on any atom is 0.253 e. The topological polar surface area (TPSA) is 90.4 Å². The van der Waals surface area contributed by atoms with Crippen LogP contribution in [0.4, 0.5) is 11.4 Å². The molecule has 1 spiro atoms. The molecule has 2 bridgehead atoms. The molecule has 3 saturated heterocycles. The zero-order valence-corrected chi connectivity index (χ0v) is 25.5. The van der Waals surface area contributed by atoms with E-state index in [0.29, 0.717) is 35.7 Å². The summed E-state index contributed by atoms with van der Waals surface area (Å²) >= 11 is 6.15. The first kappa shape index (κ1) is 31.0. The van der Waals surface area contributed by atoms with Crippen LogP contribution in [0, 0.1) is 17.8 Å². The average Bonchev–Trinajstić information content (AvgIpc) is 3.67. The second-order valence-corrected chi connectivity index (χ2v) is 12.2. The van der Waals surface area contributed by atoms with E-state index >= 15 is 0 Å². The van der Waals surface area contributed by atoms with Crippen molar-refractivity contribution in [1.82, 2.24) is 4.90 Å². The molecule has 7 atom stereocenters.